The highest BCUT2D eigenvalue weighted by Gasteiger charge is 2.38. The minimum absolute atomic E-state index is 0.0414. The molecule has 3 amide bonds. The molecule has 3 aromatic carbocycles. The van der Waals surface area contributed by atoms with Crippen LogP contribution in [-0.2, 0) is 16.8 Å². The van der Waals surface area contributed by atoms with E-state index >= 15 is 0 Å². The number of hydrogen-bond acceptors (Lipinski definition) is 5. The van der Waals surface area contributed by atoms with Crippen molar-refractivity contribution in [3.8, 4) is 0 Å². The first kappa shape index (κ1) is 21.9. The quantitative estimate of drug-likeness (QED) is 0.342. The van der Waals surface area contributed by atoms with Gasteiger partial charge in [0.25, 0.3) is 17.5 Å². The number of carbonyl (C=O) groups is 3. The smallest absolute Gasteiger partial charge is 0.269 e. The minimum atomic E-state index is -0.938. The Kier molecular flexibility index (Phi) is 5.74. The van der Waals surface area contributed by atoms with Crippen LogP contribution < -0.4 is 5.32 Å². The monoisotopic (exact) mass is 443 g/mol. The maximum Gasteiger partial charge on any atom is 0.269 e. The molecular formula is C25H21N3O5. The molecule has 0 saturated carbocycles. The minimum Gasteiger partial charge on any atom is -0.345 e. The molecular weight excluding hydrogens is 422 g/mol. The molecule has 0 aliphatic carbocycles. The lowest BCUT2D eigenvalue weighted by atomic mass is 9.85. The zero-order chi connectivity index (χ0) is 23.6. The SMILES string of the molecule is CC(Cc1cccc([N+](=O)[O-])c1)(NC(=O)CN1C(=O)c2ccccc2C1=O)c1ccccc1. The zero-order valence-electron chi connectivity index (χ0n) is 17.9. The largest absolute Gasteiger partial charge is 0.345 e. The first-order chi connectivity index (χ1) is 15.8. The van der Waals surface area contributed by atoms with Crippen LogP contribution in [0, 0.1) is 10.1 Å². The van der Waals surface area contributed by atoms with Gasteiger partial charge in [0.1, 0.15) is 6.54 Å². The summed E-state index contributed by atoms with van der Waals surface area (Å²) in [6.45, 7) is 1.38. The molecule has 0 fully saturated rings. The summed E-state index contributed by atoms with van der Waals surface area (Å²) < 4.78 is 0. The van der Waals surface area contributed by atoms with E-state index in [0.29, 0.717) is 5.56 Å². The van der Waals surface area contributed by atoms with E-state index in [0.717, 1.165) is 10.5 Å². The molecule has 1 atom stereocenters. The van der Waals surface area contributed by atoms with E-state index < -0.39 is 34.7 Å². The molecule has 1 aliphatic rings. The van der Waals surface area contributed by atoms with E-state index in [4.69, 9.17) is 0 Å². The molecule has 8 nitrogen and oxygen atoms in total. The first-order valence-electron chi connectivity index (χ1n) is 10.3. The molecule has 1 aliphatic heterocycles. The number of rotatable bonds is 7. The molecule has 166 valence electrons. The molecule has 4 rings (SSSR count). The van der Waals surface area contributed by atoms with Crippen LogP contribution in [0.5, 0.6) is 0 Å². The topological polar surface area (TPSA) is 110 Å². The first-order valence-corrected chi connectivity index (χ1v) is 10.3. The van der Waals surface area contributed by atoms with Crippen LogP contribution in [0.3, 0.4) is 0 Å². The second-order valence-electron chi connectivity index (χ2n) is 8.09. The predicted octanol–water partition coefficient (Wildman–Crippen LogP) is 3.47. The van der Waals surface area contributed by atoms with Gasteiger partial charge in [0.2, 0.25) is 5.91 Å². The van der Waals surface area contributed by atoms with Crippen LogP contribution in [0.2, 0.25) is 0 Å². The molecule has 0 radical (unpaired) electrons. The third-order valence-electron chi connectivity index (χ3n) is 5.69. The van der Waals surface area contributed by atoms with Crippen molar-refractivity contribution in [2.24, 2.45) is 0 Å². The predicted molar refractivity (Wildman–Crippen MR) is 121 cm³/mol. The van der Waals surface area contributed by atoms with E-state index in [9.17, 15) is 24.5 Å². The third-order valence-corrected chi connectivity index (χ3v) is 5.69. The second-order valence-corrected chi connectivity index (χ2v) is 8.09. The van der Waals surface area contributed by atoms with Gasteiger partial charge >= 0.3 is 0 Å². The molecule has 0 spiro atoms. The fraction of sp³-hybridized carbons (Fsp3) is 0.160. The van der Waals surface area contributed by atoms with Gasteiger partial charge in [0, 0.05) is 12.1 Å². The molecule has 3 aromatic rings. The van der Waals surface area contributed by atoms with Gasteiger partial charge in [-0.3, -0.25) is 29.4 Å². The Morgan fingerprint density at radius 3 is 2.15 bits per heavy atom. The Bertz CT molecular complexity index is 1220. The van der Waals surface area contributed by atoms with E-state index in [1.165, 1.54) is 12.1 Å². The Labute approximate surface area is 190 Å². The maximum atomic E-state index is 13.0. The second kappa shape index (κ2) is 8.66. The fourth-order valence-corrected chi connectivity index (χ4v) is 4.09. The van der Waals surface area contributed by atoms with Gasteiger partial charge in [-0.2, -0.15) is 0 Å². The average molecular weight is 443 g/mol. The van der Waals surface area contributed by atoms with Crippen LogP contribution in [0.15, 0.2) is 78.9 Å². The molecule has 8 heteroatoms. The average Bonchev–Trinajstić information content (AvgIpc) is 3.04. The number of nitro benzene ring substituents is 1. The number of benzene rings is 3. The van der Waals surface area contributed by atoms with E-state index in [1.54, 1.807) is 43.3 Å². The molecule has 33 heavy (non-hydrogen) atoms. The highest BCUT2D eigenvalue weighted by Crippen LogP contribution is 2.28. The number of non-ortho nitro benzene ring substituents is 1. The number of nitrogens with one attached hydrogen (secondary N) is 1. The van der Waals surface area contributed by atoms with Gasteiger partial charge in [-0.1, -0.05) is 54.6 Å². The van der Waals surface area contributed by atoms with Crippen LogP contribution >= 0.6 is 0 Å². The van der Waals surface area contributed by atoms with E-state index in [2.05, 4.69) is 5.32 Å². The van der Waals surface area contributed by atoms with Crippen molar-refractivity contribution in [2.45, 2.75) is 18.9 Å². The Hall–Kier alpha value is -4.33. The van der Waals surface area contributed by atoms with Gasteiger partial charge < -0.3 is 5.32 Å². The number of nitro groups is 1. The lowest BCUT2D eigenvalue weighted by Crippen LogP contribution is -2.49. The van der Waals surface area contributed by atoms with Gasteiger partial charge in [-0.05, 0) is 36.6 Å². The number of carbonyl (C=O) groups excluding carboxylic acids is 3. The Morgan fingerprint density at radius 1 is 0.939 bits per heavy atom. The fourth-order valence-electron chi connectivity index (χ4n) is 4.09. The lowest BCUT2D eigenvalue weighted by molar-refractivity contribution is -0.384. The molecule has 1 heterocycles. The summed E-state index contributed by atoms with van der Waals surface area (Å²) in [4.78, 5) is 49.9. The third kappa shape index (κ3) is 4.36. The normalized spacial score (nSPS) is 14.5. The van der Waals surface area contributed by atoms with Crippen molar-refractivity contribution in [3.05, 3.63) is 111 Å². The summed E-state index contributed by atoms with van der Waals surface area (Å²) in [6, 6.07) is 21.9. The molecule has 1 N–H and O–H groups in total. The Balaban J connectivity index is 1.58. The summed E-state index contributed by atoms with van der Waals surface area (Å²) in [7, 11) is 0. The summed E-state index contributed by atoms with van der Waals surface area (Å²) in [6.07, 6.45) is 0.270. The van der Waals surface area contributed by atoms with Crippen molar-refractivity contribution >= 4 is 23.4 Å². The van der Waals surface area contributed by atoms with Crippen molar-refractivity contribution in [3.63, 3.8) is 0 Å². The molecule has 0 saturated heterocycles. The number of imide groups is 1. The van der Waals surface area contributed by atoms with E-state index in [-0.39, 0.29) is 23.2 Å². The number of hydrogen-bond donors (Lipinski definition) is 1. The summed E-state index contributed by atoms with van der Waals surface area (Å²) in [5, 5.41) is 14.1. The highest BCUT2D eigenvalue weighted by atomic mass is 16.6. The van der Waals surface area contributed by atoms with Crippen molar-refractivity contribution in [2.75, 3.05) is 6.54 Å². The van der Waals surface area contributed by atoms with E-state index in [1.807, 2.05) is 30.3 Å². The van der Waals surface area contributed by atoms with Crippen molar-refractivity contribution in [1.82, 2.24) is 10.2 Å². The van der Waals surface area contributed by atoms with Crippen LogP contribution in [0.1, 0.15) is 38.8 Å². The van der Waals surface area contributed by atoms with Crippen molar-refractivity contribution in [1.29, 1.82) is 0 Å². The molecule has 0 aromatic heterocycles. The zero-order valence-corrected chi connectivity index (χ0v) is 17.9. The lowest BCUT2D eigenvalue weighted by Gasteiger charge is -2.32. The summed E-state index contributed by atoms with van der Waals surface area (Å²) >= 11 is 0. The highest BCUT2D eigenvalue weighted by molar-refractivity contribution is 6.22. The molecule has 1 unspecified atom stereocenters. The van der Waals surface area contributed by atoms with Gasteiger partial charge in [-0.15, -0.1) is 0 Å². The standard InChI is InChI=1S/C25H21N3O5/c1-25(18-9-3-2-4-10-18,15-17-8-7-11-19(14-17)28(32)33)26-22(29)16-27-23(30)20-12-5-6-13-21(20)24(27)31/h2-14H,15-16H2,1H3,(H,26,29). The van der Waals surface area contributed by atoms with Gasteiger partial charge in [0.05, 0.1) is 21.6 Å². The summed E-state index contributed by atoms with van der Waals surface area (Å²) in [5.74, 6) is -1.53. The maximum absolute atomic E-state index is 13.0. The number of fused-ring (bicyclic) bond motifs is 1. The van der Waals surface area contributed by atoms with Gasteiger partial charge in [-0.25, -0.2) is 0 Å². The van der Waals surface area contributed by atoms with Crippen molar-refractivity contribution < 1.29 is 19.3 Å². The number of amides is 3. The van der Waals surface area contributed by atoms with Crippen LogP contribution in [-0.4, -0.2) is 34.1 Å². The molecule has 0 bridgehead atoms. The van der Waals surface area contributed by atoms with Gasteiger partial charge in [0.15, 0.2) is 0 Å². The summed E-state index contributed by atoms with van der Waals surface area (Å²) in [5.41, 5.74) is 1.02. The van der Waals surface area contributed by atoms with Crippen LogP contribution in [0.4, 0.5) is 5.69 Å². The Morgan fingerprint density at radius 2 is 1.55 bits per heavy atom. The number of nitrogens with zero attached hydrogens (tertiary/aromatic N) is 2. The van der Waals surface area contributed by atoms with Crippen LogP contribution in [0.25, 0.3) is 0 Å².